The van der Waals surface area contributed by atoms with Gasteiger partial charge in [-0.15, -0.1) is 0 Å². The number of rotatable bonds is 8. The molecule has 10 heteroatoms. The molecule has 0 aromatic heterocycles. The van der Waals surface area contributed by atoms with Crippen LogP contribution in [0.4, 0.5) is 4.79 Å². The zero-order valence-electron chi connectivity index (χ0n) is 21.4. The second kappa shape index (κ2) is 13.8. The minimum Gasteiger partial charge on any atom is -0.450 e. The van der Waals surface area contributed by atoms with Gasteiger partial charge in [0.2, 0.25) is 11.9 Å². The van der Waals surface area contributed by atoms with E-state index in [1.165, 1.54) is 5.56 Å². The van der Waals surface area contributed by atoms with Crippen molar-refractivity contribution in [3.05, 3.63) is 35.9 Å². The molecule has 1 aromatic rings. The fourth-order valence-electron chi connectivity index (χ4n) is 4.38. The zero-order chi connectivity index (χ0) is 25.8. The number of nitrogens with one attached hydrogen (secondary N) is 2. The Morgan fingerprint density at radius 3 is 2.47 bits per heavy atom. The fourth-order valence-corrected chi connectivity index (χ4v) is 4.38. The normalized spacial score (nSPS) is 19.1. The van der Waals surface area contributed by atoms with E-state index < -0.39 is 17.7 Å². The van der Waals surface area contributed by atoms with Crippen molar-refractivity contribution in [3.8, 4) is 6.07 Å². The third-order valence-corrected chi connectivity index (χ3v) is 6.61. The number of likely N-dealkylation sites (tertiary alicyclic amines) is 1. The summed E-state index contributed by atoms with van der Waals surface area (Å²) in [6.45, 7) is 8.32. The Balaban J connectivity index is 1.62. The molecule has 0 spiro atoms. The quantitative estimate of drug-likeness (QED) is 0.415. The first-order valence-corrected chi connectivity index (χ1v) is 12.8. The van der Waals surface area contributed by atoms with Gasteiger partial charge in [-0.25, -0.2) is 9.79 Å². The molecule has 2 N–H and O–H groups in total. The Morgan fingerprint density at radius 2 is 1.86 bits per heavy atom. The van der Waals surface area contributed by atoms with Crippen LogP contribution in [0.3, 0.4) is 0 Å². The third kappa shape index (κ3) is 7.93. The predicted molar refractivity (Wildman–Crippen MR) is 136 cm³/mol. The molecule has 2 aliphatic rings. The summed E-state index contributed by atoms with van der Waals surface area (Å²) in [6, 6.07) is 12.0. The van der Waals surface area contributed by atoms with Gasteiger partial charge in [0.05, 0.1) is 25.9 Å². The Bertz CT molecular complexity index is 918. The van der Waals surface area contributed by atoms with Crippen LogP contribution in [-0.2, 0) is 20.7 Å². The molecule has 1 atom stereocenters. The first kappa shape index (κ1) is 27.4. The van der Waals surface area contributed by atoms with E-state index in [-0.39, 0.29) is 12.5 Å². The van der Waals surface area contributed by atoms with E-state index in [2.05, 4.69) is 38.7 Å². The van der Waals surface area contributed by atoms with Gasteiger partial charge in [-0.05, 0) is 38.2 Å². The van der Waals surface area contributed by atoms with Gasteiger partial charge in [-0.2, -0.15) is 5.26 Å². The van der Waals surface area contributed by atoms with Crippen molar-refractivity contribution in [2.75, 3.05) is 52.5 Å². The maximum atomic E-state index is 13.3. The largest absolute Gasteiger partial charge is 0.450 e. The first-order chi connectivity index (χ1) is 17.5. The smallest absolute Gasteiger partial charge is 0.413 e. The number of amides is 2. The van der Waals surface area contributed by atoms with E-state index in [9.17, 15) is 14.9 Å². The predicted octanol–water partition coefficient (Wildman–Crippen LogP) is 1.92. The van der Waals surface area contributed by atoms with Crippen molar-refractivity contribution in [1.82, 2.24) is 20.4 Å². The highest BCUT2D eigenvalue weighted by Gasteiger charge is 2.37. The summed E-state index contributed by atoms with van der Waals surface area (Å²) in [4.78, 5) is 34.2. The second-order valence-corrected chi connectivity index (χ2v) is 9.08. The van der Waals surface area contributed by atoms with Crippen LogP contribution in [0, 0.1) is 11.3 Å². The number of ether oxygens (including phenoxy) is 2. The number of guanidine groups is 1. The van der Waals surface area contributed by atoms with Crippen LogP contribution in [0.2, 0.25) is 0 Å². The number of hydrogen-bond acceptors (Lipinski definition) is 7. The average Bonchev–Trinajstić information content (AvgIpc) is 2.91. The zero-order valence-corrected chi connectivity index (χ0v) is 21.4. The molecule has 2 fully saturated rings. The van der Waals surface area contributed by atoms with E-state index in [4.69, 9.17) is 9.47 Å². The van der Waals surface area contributed by atoms with Crippen LogP contribution in [0.25, 0.3) is 0 Å². The van der Waals surface area contributed by atoms with E-state index in [0.29, 0.717) is 51.5 Å². The van der Waals surface area contributed by atoms with Crippen LogP contribution < -0.4 is 10.6 Å². The van der Waals surface area contributed by atoms with Crippen molar-refractivity contribution in [1.29, 1.82) is 5.26 Å². The average molecular weight is 499 g/mol. The maximum absolute atomic E-state index is 13.3. The maximum Gasteiger partial charge on any atom is 0.413 e. The number of carbonyl (C=O) groups excluding carboxylic acids is 2. The van der Waals surface area contributed by atoms with E-state index in [1.807, 2.05) is 30.0 Å². The van der Waals surface area contributed by atoms with Gasteiger partial charge in [0.25, 0.3) is 0 Å². The highest BCUT2D eigenvalue weighted by molar-refractivity contribution is 5.96. The van der Waals surface area contributed by atoms with Crippen molar-refractivity contribution in [2.24, 2.45) is 4.99 Å². The Morgan fingerprint density at radius 1 is 1.17 bits per heavy atom. The number of benzene rings is 1. The van der Waals surface area contributed by atoms with Crippen molar-refractivity contribution >= 4 is 18.0 Å². The second-order valence-electron chi connectivity index (χ2n) is 9.08. The molecule has 0 aliphatic carbocycles. The third-order valence-electron chi connectivity index (χ3n) is 6.61. The summed E-state index contributed by atoms with van der Waals surface area (Å²) in [5.41, 5.74) is 0.371. The summed E-state index contributed by atoms with van der Waals surface area (Å²) < 4.78 is 10.4. The van der Waals surface area contributed by atoms with Gasteiger partial charge in [0.1, 0.15) is 11.6 Å². The number of alkyl carbamates (subject to hydrolysis) is 1. The molecule has 1 unspecified atom stereocenters. The fraction of sp³-hybridized carbons (Fsp3) is 0.615. The monoisotopic (exact) mass is 498 g/mol. The highest BCUT2D eigenvalue weighted by Crippen LogP contribution is 2.23. The molecular formula is C26H38N6O4. The number of nitrogens with zero attached hydrogens (tertiary/aromatic N) is 4. The van der Waals surface area contributed by atoms with Gasteiger partial charge >= 0.3 is 6.09 Å². The van der Waals surface area contributed by atoms with Gasteiger partial charge in [-0.3, -0.25) is 10.1 Å². The molecule has 196 valence electrons. The lowest BCUT2D eigenvalue weighted by atomic mass is 9.88. The van der Waals surface area contributed by atoms with E-state index in [1.54, 1.807) is 6.92 Å². The van der Waals surface area contributed by atoms with E-state index >= 15 is 0 Å². The SMILES string of the molecule is CCOC(=O)NC(=NC(CC)C(=O)NC1(C#N)CCN(CCc2ccccc2)CC1)N1CCOCC1. The minimum atomic E-state index is -0.920. The molecule has 1 aromatic carbocycles. The van der Waals surface area contributed by atoms with Crippen LogP contribution in [0.1, 0.15) is 38.7 Å². The van der Waals surface area contributed by atoms with Gasteiger partial charge in [-0.1, -0.05) is 37.3 Å². The van der Waals surface area contributed by atoms with Crippen LogP contribution in [0.5, 0.6) is 0 Å². The number of morpholine rings is 1. The molecule has 3 rings (SSSR count). The number of aliphatic imine (C=N–C) groups is 1. The van der Waals surface area contributed by atoms with Crippen LogP contribution >= 0.6 is 0 Å². The summed E-state index contributed by atoms with van der Waals surface area (Å²) in [7, 11) is 0. The molecule has 36 heavy (non-hydrogen) atoms. The molecule has 0 radical (unpaired) electrons. The minimum absolute atomic E-state index is 0.229. The van der Waals surface area contributed by atoms with Crippen molar-refractivity contribution in [3.63, 3.8) is 0 Å². The Hall–Kier alpha value is -3.16. The number of hydrogen-bond donors (Lipinski definition) is 2. The van der Waals surface area contributed by atoms with Crippen LogP contribution in [-0.4, -0.2) is 91.9 Å². The Labute approximate surface area is 213 Å². The summed E-state index contributed by atoms with van der Waals surface area (Å²) >= 11 is 0. The summed E-state index contributed by atoms with van der Waals surface area (Å²) in [6.07, 6.45) is 1.88. The lowest BCUT2D eigenvalue weighted by Gasteiger charge is -2.38. The molecule has 2 heterocycles. The molecule has 0 saturated carbocycles. The van der Waals surface area contributed by atoms with Gasteiger partial charge < -0.3 is 24.6 Å². The van der Waals surface area contributed by atoms with Crippen molar-refractivity contribution < 1.29 is 19.1 Å². The van der Waals surface area contributed by atoms with Crippen LogP contribution in [0.15, 0.2) is 35.3 Å². The molecule has 2 amide bonds. The summed E-state index contributed by atoms with van der Waals surface area (Å²) in [5, 5.41) is 15.7. The first-order valence-electron chi connectivity index (χ1n) is 12.8. The van der Waals surface area contributed by atoms with E-state index in [0.717, 1.165) is 26.1 Å². The number of nitriles is 1. The number of piperidine rings is 1. The topological polar surface area (TPSA) is 119 Å². The lowest BCUT2D eigenvalue weighted by Crippen LogP contribution is -2.57. The molecule has 0 bridgehead atoms. The highest BCUT2D eigenvalue weighted by atomic mass is 16.5. The number of carbonyl (C=O) groups is 2. The lowest BCUT2D eigenvalue weighted by molar-refractivity contribution is -0.124. The molecular weight excluding hydrogens is 460 g/mol. The van der Waals surface area contributed by atoms with Gasteiger partial charge in [0, 0.05) is 32.7 Å². The standard InChI is InChI=1S/C26H38N6O4/c1-3-22(28-24(29-25(34)36-4-2)32-16-18-35-19-17-32)23(33)30-26(20-27)11-14-31(15-12-26)13-10-21-8-6-5-7-9-21/h5-9,22H,3-4,10-19H2,1-2H3,(H,30,33)(H,28,29,34). The summed E-state index contributed by atoms with van der Waals surface area (Å²) in [5.74, 6) is -0.0197. The Kier molecular flexibility index (Phi) is 10.5. The van der Waals surface area contributed by atoms with Crippen molar-refractivity contribution in [2.45, 2.75) is 51.1 Å². The molecule has 2 aliphatic heterocycles. The molecule has 10 nitrogen and oxygen atoms in total. The van der Waals surface area contributed by atoms with Gasteiger partial charge in [0.15, 0.2) is 0 Å². The molecule has 2 saturated heterocycles.